The molecule has 0 heterocycles. The Balaban J connectivity index is -0.00000392. The van der Waals surface area contributed by atoms with Gasteiger partial charge in [0.1, 0.15) is 13.2 Å². The van der Waals surface area contributed by atoms with Crippen LogP contribution in [0.3, 0.4) is 0 Å². The normalized spacial score (nSPS) is 13.7. The standard InChI is InChI=1S/C15H30N6O8.2Na/c1-6-15(4,11-14(2,3)12(22)28-5)13(23)29-10-9-19(21(27)18-25)8-7-16-20(26)17-24;;/h24-25H,6-11H2,1-5H3,(H,16,17);;/q;2*+1. The SMILES string of the molecule is CCC(C)(CC(C)(C)C(=O)OC)C(=O)OCCN(CCN/[N+]([O-])=N/O)[N+]([O-])=NO.[Na+].[Na+]. The summed E-state index contributed by atoms with van der Waals surface area (Å²) in [5.41, 5.74) is 0.228. The van der Waals surface area contributed by atoms with Crippen LogP contribution in [0, 0.1) is 21.2 Å². The van der Waals surface area contributed by atoms with Crippen LogP contribution < -0.4 is 64.5 Å². The molecule has 0 amide bonds. The number of rotatable bonds is 13. The smallest absolute Gasteiger partial charge is 0.569 e. The fourth-order valence-corrected chi connectivity index (χ4v) is 2.73. The van der Waals surface area contributed by atoms with Crippen LogP contribution in [0.1, 0.15) is 40.5 Å². The maximum atomic E-state index is 12.6. The van der Waals surface area contributed by atoms with Gasteiger partial charge in [0.2, 0.25) is 10.6 Å². The van der Waals surface area contributed by atoms with Gasteiger partial charge in [0.05, 0.1) is 41.0 Å². The molecule has 1 atom stereocenters. The van der Waals surface area contributed by atoms with E-state index in [0.717, 1.165) is 5.01 Å². The van der Waals surface area contributed by atoms with E-state index in [1.807, 2.05) is 0 Å². The molecule has 0 aromatic carbocycles. The summed E-state index contributed by atoms with van der Waals surface area (Å²) in [6, 6.07) is 0. The Kier molecular flexibility index (Phi) is 18.5. The molecule has 0 spiro atoms. The average molecular weight is 468 g/mol. The summed E-state index contributed by atoms with van der Waals surface area (Å²) < 4.78 is 10.0. The summed E-state index contributed by atoms with van der Waals surface area (Å²) >= 11 is 0. The molecule has 0 bridgehead atoms. The van der Waals surface area contributed by atoms with Gasteiger partial charge in [-0.1, -0.05) is 6.92 Å². The summed E-state index contributed by atoms with van der Waals surface area (Å²) in [5, 5.41) is 44.9. The minimum absolute atomic E-state index is 0. The van der Waals surface area contributed by atoms with Gasteiger partial charge in [-0.3, -0.25) is 9.59 Å². The van der Waals surface area contributed by atoms with Crippen molar-refractivity contribution in [2.45, 2.75) is 40.5 Å². The third kappa shape index (κ3) is 11.9. The van der Waals surface area contributed by atoms with Gasteiger partial charge in [0.25, 0.3) is 0 Å². The molecule has 0 aromatic rings. The largest absolute Gasteiger partial charge is 1.00 e. The quantitative estimate of drug-likeness (QED) is 0.0777. The van der Waals surface area contributed by atoms with Crippen LogP contribution in [0.5, 0.6) is 0 Å². The van der Waals surface area contributed by atoms with Gasteiger partial charge in [-0.05, 0) is 33.6 Å². The van der Waals surface area contributed by atoms with Crippen molar-refractivity contribution in [3.63, 3.8) is 0 Å². The van der Waals surface area contributed by atoms with Crippen LogP contribution in [0.25, 0.3) is 0 Å². The molecule has 1 unspecified atom stereocenters. The first-order valence-corrected chi connectivity index (χ1v) is 8.86. The fourth-order valence-electron chi connectivity index (χ4n) is 2.73. The van der Waals surface area contributed by atoms with E-state index in [-0.39, 0.29) is 102 Å². The van der Waals surface area contributed by atoms with Gasteiger partial charge in [0.15, 0.2) is 0 Å². The molecule has 0 aliphatic carbocycles. The van der Waals surface area contributed by atoms with E-state index in [1.165, 1.54) is 7.11 Å². The van der Waals surface area contributed by atoms with Crippen LogP contribution in [0.2, 0.25) is 0 Å². The molecule has 0 saturated carbocycles. The first-order valence-electron chi connectivity index (χ1n) is 8.86. The van der Waals surface area contributed by atoms with Crippen molar-refractivity contribution in [2.75, 3.05) is 33.4 Å². The molecule has 0 rings (SSSR count). The van der Waals surface area contributed by atoms with Gasteiger partial charge >= 0.3 is 71.1 Å². The zero-order valence-corrected chi connectivity index (χ0v) is 23.3. The maximum Gasteiger partial charge on any atom is 1.00 e. The zero-order chi connectivity index (χ0) is 22.7. The number of hydrogen-bond acceptors (Lipinski definition) is 8. The molecule has 168 valence electrons. The van der Waals surface area contributed by atoms with Crippen molar-refractivity contribution in [1.82, 2.24) is 10.4 Å². The van der Waals surface area contributed by atoms with Gasteiger partial charge < -0.3 is 30.3 Å². The van der Waals surface area contributed by atoms with Crippen molar-refractivity contribution in [3.8, 4) is 0 Å². The molecule has 16 heteroatoms. The van der Waals surface area contributed by atoms with E-state index in [0.29, 0.717) is 6.42 Å². The zero-order valence-electron chi connectivity index (χ0n) is 19.3. The van der Waals surface area contributed by atoms with Crippen LogP contribution in [0.4, 0.5) is 0 Å². The van der Waals surface area contributed by atoms with E-state index in [4.69, 9.17) is 19.9 Å². The second-order valence-corrected chi connectivity index (χ2v) is 7.17. The number of hydrogen-bond donors (Lipinski definition) is 3. The molecule has 0 radical (unpaired) electrons. The summed E-state index contributed by atoms with van der Waals surface area (Å²) in [5.74, 6) is -1.00. The minimum atomic E-state index is -0.964. The molecule has 0 aromatic heterocycles. The van der Waals surface area contributed by atoms with Crippen LogP contribution in [0.15, 0.2) is 10.6 Å². The molecular formula is C15H30N6Na2O8+2. The summed E-state index contributed by atoms with van der Waals surface area (Å²) in [4.78, 5) is 24.2. The molecule has 0 aliphatic rings. The molecule has 0 saturated heterocycles. The monoisotopic (exact) mass is 468 g/mol. The number of ether oxygens (including phenoxy) is 2. The Bertz CT molecular complexity index is 622. The molecule has 3 N–H and O–H groups in total. The van der Waals surface area contributed by atoms with Crippen molar-refractivity contribution in [3.05, 3.63) is 10.4 Å². The Hall–Kier alpha value is -1.06. The summed E-state index contributed by atoms with van der Waals surface area (Å²) in [7, 11) is 1.27. The van der Waals surface area contributed by atoms with Gasteiger partial charge in [-0.25, -0.2) is 0 Å². The van der Waals surface area contributed by atoms with E-state index in [9.17, 15) is 20.0 Å². The first kappa shape index (κ1) is 34.6. The molecule has 0 aliphatic heterocycles. The number of nitrogens with zero attached hydrogens (tertiary/aromatic N) is 5. The molecule has 31 heavy (non-hydrogen) atoms. The van der Waals surface area contributed by atoms with Crippen molar-refractivity contribution < 1.29 is 98.5 Å². The Morgan fingerprint density at radius 3 is 2.13 bits per heavy atom. The number of carbonyl (C=O) groups excluding carboxylic acids is 2. The number of carbonyl (C=O) groups is 2. The first-order chi connectivity index (χ1) is 13.5. The van der Waals surface area contributed by atoms with Gasteiger partial charge in [-0.2, -0.15) is 5.43 Å². The van der Waals surface area contributed by atoms with E-state index >= 15 is 0 Å². The van der Waals surface area contributed by atoms with Crippen LogP contribution in [-0.4, -0.2) is 70.7 Å². The molecule has 0 fully saturated rings. The maximum absolute atomic E-state index is 12.6. The average Bonchev–Trinajstić information content (AvgIpc) is 2.70. The second-order valence-electron chi connectivity index (χ2n) is 7.17. The molecule has 14 nitrogen and oxygen atoms in total. The number of methoxy groups -OCH3 is 1. The second kappa shape index (κ2) is 16.6. The Morgan fingerprint density at radius 2 is 1.68 bits per heavy atom. The van der Waals surface area contributed by atoms with Crippen LogP contribution >= 0.6 is 0 Å². The predicted molar refractivity (Wildman–Crippen MR) is 95.0 cm³/mol. The fraction of sp³-hybridized carbons (Fsp3) is 0.867. The summed E-state index contributed by atoms with van der Waals surface area (Å²) in [6.45, 7) is 6.19. The van der Waals surface area contributed by atoms with E-state index in [1.54, 1.807) is 27.7 Å². The Labute approximate surface area is 225 Å². The molecular weight excluding hydrogens is 438 g/mol. The van der Waals surface area contributed by atoms with Gasteiger partial charge in [0, 0.05) is 0 Å². The number of esters is 2. The van der Waals surface area contributed by atoms with Crippen molar-refractivity contribution >= 4 is 11.9 Å². The topological polar surface area (TPSA) is 185 Å². The number of nitrogens with one attached hydrogen (secondary N) is 1. The number of hydrazine groups is 2. The third-order valence-corrected chi connectivity index (χ3v) is 4.44. The van der Waals surface area contributed by atoms with E-state index < -0.39 is 22.8 Å². The minimum Gasteiger partial charge on any atom is -0.569 e. The van der Waals surface area contributed by atoms with E-state index in [2.05, 4.69) is 16.0 Å². The van der Waals surface area contributed by atoms with Crippen molar-refractivity contribution in [1.29, 1.82) is 0 Å². The summed E-state index contributed by atoms with van der Waals surface area (Å²) in [6.07, 6.45) is 0.600. The van der Waals surface area contributed by atoms with Crippen LogP contribution in [-0.2, 0) is 19.1 Å². The van der Waals surface area contributed by atoms with Gasteiger partial charge in [-0.15, -0.1) is 5.01 Å². The van der Waals surface area contributed by atoms with Crippen molar-refractivity contribution in [2.24, 2.45) is 21.4 Å². The predicted octanol–water partition coefficient (Wildman–Crippen LogP) is -5.03. The third-order valence-electron chi connectivity index (χ3n) is 4.44. The Morgan fingerprint density at radius 1 is 1.10 bits per heavy atom.